The van der Waals surface area contributed by atoms with Gasteiger partial charge in [-0.25, -0.2) is 0 Å². The smallest absolute Gasteiger partial charge is 0.293 e. The van der Waals surface area contributed by atoms with Gasteiger partial charge in [0, 0.05) is 16.7 Å². The van der Waals surface area contributed by atoms with E-state index in [4.69, 9.17) is 21.1 Å². The molecule has 162 valence electrons. The van der Waals surface area contributed by atoms with Gasteiger partial charge >= 0.3 is 0 Å². The Hall–Kier alpha value is -3.24. The second-order valence-corrected chi connectivity index (χ2v) is 7.64. The molecule has 0 aromatic heterocycles. The van der Waals surface area contributed by atoms with Crippen LogP contribution in [0.3, 0.4) is 0 Å². The van der Waals surface area contributed by atoms with Crippen molar-refractivity contribution in [2.75, 3.05) is 19.8 Å². The number of hydrogen-bond donors (Lipinski definition) is 1. The predicted molar refractivity (Wildman–Crippen MR) is 116 cm³/mol. The van der Waals surface area contributed by atoms with Gasteiger partial charge in [-0.1, -0.05) is 11.6 Å². The van der Waals surface area contributed by atoms with Crippen LogP contribution in [0.15, 0.2) is 41.3 Å². The lowest BCUT2D eigenvalue weighted by Gasteiger charge is -2.13. The number of aromatic hydroxyl groups is 1. The predicted octanol–water partition coefficient (Wildman–Crippen LogP) is 4.47. The van der Waals surface area contributed by atoms with Gasteiger partial charge in [0.05, 0.1) is 29.0 Å². The summed E-state index contributed by atoms with van der Waals surface area (Å²) in [6.45, 7) is 1.92. The first-order chi connectivity index (χ1) is 14.8. The Morgan fingerprint density at radius 2 is 1.94 bits per heavy atom. The van der Waals surface area contributed by atoms with Crippen molar-refractivity contribution >= 4 is 46.3 Å². The number of rotatable bonds is 8. The van der Waals surface area contributed by atoms with E-state index in [0.29, 0.717) is 22.5 Å². The van der Waals surface area contributed by atoms with Crippen LogP contribution in [0.25, 0.3) is 6.08 Å². The van der Waals surface area contributed by atoms with Crippen LogP contribution in [-0.2, 0) is 4.79 Å². The molecular weight excluding hydrogens is 448 g/mol. The van der Waals surface area contributed by atoms with E-state index < -0.39 is 16.1 Å². The number of nitro groups is 1. The molecule has 1 saturated heterocycles. The quantitative estimate of drug-likeness (QED) is 0.345. The molecule has 1 heterocycles. The summed E-state index contributed by atoms with van der Waals surface area (Å²) in [5, 5.41) is 21.6. The third-order valence-electron chi connectivity index (χ3n) is 4.16. The minimum Gasteiger partial charge on any atom is -0.504 e. The SMILES string of the molecule is CCOc1cc([N+](=O)[O-])cc(/C=C2\SC(=O)N(CCOc3ccc(Cl)cc3)C2=O)c1O. The fourth-order valence-corrected chi connectivity index (χ4v) is 3.70. The van der Waals surface area contributed by atoms with Crippen LogP contribution in [0.2, 0.25) is 5.02 Å². The molecule has 3 rings (SSSR count). The maximum Gasteiger partial charge on any atom is 0.293 e. The molecule has 0 spiro atoms. The van der Waals surface area contributed by atoms with Gasteiger partial charge < -0.3 is 14.6 Å². The molecule has 1 aliphatic rings. The van der Waals surface area contributed by atoms with Crippen molar-refractivity contribution in [2.24, 2.45) is 0 Å². The highest BCUT2D eigenvalue weighted by atomic mass is 35.5. The average Bonchev–Trinajstić information content (AvgIpc) is 2.99. The van der Waals surface area contributed by atoms with Crippen LogP contribution in [0.5, 0.6) is 17.2 Å². The van der Waals surface area contributed by atoms with Crippen LogP contribution in [0.1, 0.15) is 12.5 Å². The zero-order chi connectivity index (χ0) is 22.5. The number of nitrogens with zero attached hydrogens (tertiary/aromatic N) is 2. The topological polar surface area (TPSA) is 119 Å². The highest BCUT2D eigenvalue weighted by Crippen LogP contribution is 2.39. The van der Waals surface area contributed by atoms with Crippen LogP contribution >= 0.6 is 23.4 Å². The van der Waals surface area contributed by atoms with Crippen LogP contribution in [0.4, 0.5) is 10.5 Å². The molecule has 0 aliphatic carbocycles. The summed E-state index contributed by atoms with van der Waals surface area (Å²) in [6.07, 6.45) is 1.23. The Kier molecular flexibility index (Phi) is 7.03. The van der Waals surface area contributed by atoms with Crippen molar-refractivity contribution in [1.82, 2.24) is 4.90 Å². The third-order valence-corrected chi connectivity index (χ3v) is 5.32. The van der Waals surface area contributed by atoms with Gasteiger partial charge in [-0.05, 0) is 49.0 Å². The zero-order valence-electron chi connectivity index (χ0n) is 16.2. The van der Waals surface area contributed by atoms with Gasteiger partial charge in [0.2, 0.25) is 0 Å². The molecule has 31 heavy (non-hydrogen) atoms. The number of benzene rings is 2. The van der Waals surface area contributed by atoms with E-state index in [9.17, 15) is 24.8 Å². The number of nitro benzene ring substituents is 1. The van der Waals surface area contributed by atoms with Gasteiger partial charge in [0.25, 0.3) is 16.8 Å². The third kappa shape index (κ3) is 5.28. The maximum atomic E-state index is 12.6. The minimum absolute atomic E-state index is 0.000522. The first-order valence-electron chi connectivity index (χ1n) is 9.08. The van der Waals surface area contributed by atoms with E-state index in [1.54, 1.807) is 31.2 Å². The second-order valence-electron chi connectivity index (χ2n) is 6.21. The second kappa shape index (κ2) is 9.71. The summed E-state index contributed by atoms with van der Waals surface area (Å²) >= 11 is 6.48. The summed E-state index contributed by atoms with van der Waals surface area (Å²) in [7, 11) is 0. The van der Waals surface area contributed by atoms with E-state index in [2.05, 4.69) is 0 Å². The number of thioether (sulfide) groups is 1. The van der Waals surface area contributed by atoms with E-state index >= 15 is 0 Å². The molecule has 0 radical (unpaired) electrons. The Bertz CT molecular complexity index is 1060. The average molecular weight is 465 g/mol. The molecule has 2 aromatic carbocycles. The minimum atomic E-state index is -0.640. The Labute approximate surface area is 186 Å². The number of halogens is 1. The summed E-state index contributed by atoms with van der Waals surface area (Å²) < 4.78 is 10.7. The summed E-state index contributed by atoms with van der Waals surface area (Å²) in [5.41, 5.74) is -0.316. The van der Waals surface area contributed by atoms with Crippen molar-refractivity contribution in [2.45, 2.75) is 6.92 Å². The standard InChI is InChI=1S/C20H17ClN2O7S/c1-2-29-16-11-14(23(27)28)9-12(18(16)24)10-17-19(25)22(20(26)31-17)7-8-30-15-5-3-13(21)4-6-15/h3-6,9-11,24H,2,7-8H2,1H3/b17-10-. The lowest BCUT2D eigenvalue weighted by molar-refractivity contribution is -0.385. The van der Waals surface area contributed by atoms with Crippen molar-refractivity contribution in [1.29, 1.82) is 0 Å². The van der Waals surface area contributed by atoms with Crippen molar-refractivity contribution in [3.63, 3.8) is 0 Å². The molecule has 9 nitrogen and oxygen atoms in total. The van der Waals surface area contributed by atoms with E-state index in [-0.39, 0.29) is 47.4 Å². The highest BCUT2D eigenvalue weighted by molar-refractivity contribution is 8.18. The largest absolute Gasteiger partial charge is 0.504 e. The van der Waals surface area contributed by atoms with E-state index in [0.717, 1.165) is 17.0 Å². The van der Waals surface area contributed by atoms with Crippen LogP contribution in [0, 0.1) is 10.1 Å². The monoisotopic (exact) mass is 464 g/mol. The molecule has 2 amide bonds. The van der Waals surface area contributed by atoms with Crippen molar-refractivity contribution in [3.8, 4) is 17.2 Å². The molecule has 2 aromatic rings. The van der Waals surface area contributed by atoms with Gasteiger partial charge in [-0.3, -0.25) is 24.6 Å². The number of ether oxygens (including phenoxy) is 2. The summed E-state index contributed by atoms with van der Waals surface area (Å²) in [5.74, 6) is -0.487. The molecule has 0 bridgehead atoms. The number of phenols is 1. The lowest BCUT2D eigenvalue weighted by Crippen LogP contribution is -2.32. The summed E-state index contributed by atoms with van der Waals surface area (Å²) in [6, 6.07) is 8.84. The first kappa shape index (κ1) is 22.4. The normalized spacial score (nSPS) is 14.9. The zero-order valence-corrected chi connectivity index (χ0v) is 17.8. The fourth-order valence-electron chi connectivity index (χ4n) is 2.71. The molecule has 11 heteroatoms. The molecule has 1 N–H and O–H groups in total. The Morgan fingerprint density at radius 3 is 2.58 bits per heavy atom. The maximum absolute atomic E-state index is 12.6. The molecule has 0 unspecified atom stereocenters. The van der Waals surface area contributed by atoms with E-state index in [1.807, 2.05) is 0 Å². The molecule has 0 atom stereocenters. The number of imide groups is 1. The highest BCUT2D eigenvalue weighted by Gasteiger charge is 2.35. The van der Waals surface area contributed by atoms with Crippen molar-refractivity contribution in [3.05, 3.63) is 62.0 Å². The number of amides is 2. The number of hydrogen-bond acceptors (Lipinski definition) is 8. The van der Waals surface area contributed by atoms with Crippen LogP contribution < -0.4 is 9.47 Å². The first-order valence-corrected chi connectivity index (χ1v) is 10.3. The number of carbonyl (C=O) groups is 2. The summed E-state index contributed by atoms with van der Waals surface area (Å²) in [4.78, 5) is 36.5. The van der Waals surface area contributed by atoms with Crippen molar-refractivity contribution < 1.29 is 29.1 Å². The fraction of sp³-hybridized carbons (Fsp3) is 0.200. The molecular formula is C20H17ClN2O7S. The molecule has 0 saturated carbocycles. The van der Waals surface area contributed by atoms with E-state index in [1.165, 1.54) is 6.08 Å². The van der Waals surface area contributed by atoms with Gasteiger partial charge in [0.1, 0.15) is 12.4 Å². The Balaban J connectivity index is 1.76. The Morgan fingerprint density at radius 1 is 1.23 bits per heavy atom. The lowest BCUT2D eigenvalue weighted by atomic mass is 10.1. The molecule has 1 aliphatic heterocycles. The number of non-ortho nitro benzene ring substituents is 1. The van der Waals surface area contributed by atoms with Gasteiger partial charge in [-0.15, -0.1) is 0 Å². The van der Waals surface area contributed by atoms with Crippen LogP contribution in [-0.4, -0.2) is 45.8 Å². The van der Waals surface area contributed by atoms with Gasteiger partial charge in [-0.2, -0.15) is 0 Å². The molecule has 1 fully saturated rings. The number of carbonyl (C=O) groups excluding carboxylic acids is 2. The van der Waals surface area contributed by atoms with Gasteiger partial charge in [0.15, 0.2) is 11.5 Å². The number of phenolic OH excluding ortho intramolecular Hbond substituents is 1.